The summed E-state index contributed by atoms with van der Waals surface area (Å²) >= 11 is 0. The van der Waals surface area contributed by atoms with Crippen LogP contribution in [0.1, 0.15) is 24.0 Å². The lowest BCUT2D eigenvalue weighted by Gasteiger charge is -2.33. The number of carbonyl (C=O) groups is 1. The molecule has 124 valence electrons. The maximum Gasteiger partial charge on any atom is 0.410 e. The number of nitrogens with one attached hydrogen (secondary N) is 1. The molecule has 1 saturated heterocycles. The Balaban J connectivity index is 1.53. The maximum absolute atomic E-state index is 12.5. The van der Waals surface area contributed by atoms with Crippen LogP contribution in [0.25, 0.3) is 11.1 Å². The fraction of sp³-hybridized carbons (Fsp3) is 0.350. The quantitative estimate of drug-likeness (QED) is 0.923. The van der Waals surface area contributed by atoms with Gasteiger partial charge >= 0.3 is 6.09 Å². The van der Waals surface area contributed by atoms with Gasteiger partial charge in [-0.05, 0) is 29.2 Å². The van der Waals surface area contributed by atoms with Crippen LogP contribution < -0.4 is 5.32 Å². The van der Waals surface area contributed by atoms with E-state index in [2.05, 4.69) is 53.8 Å². The molecule has 0 saturated carbocycles. The Hall–Kier alpha value is -2.33. The van der Waals surface area contributed by atoms with Gasteiger partial charge in [-0.25, -0.2) is 4.79 Å². The average Bonchev–Trinajstić information content (AvgIpc) is 2.94. The Morgan fingerprint density at radius 3 is 2.38 bits per heavy atom. The van der Waals surface area contributed by atoms with Gasteiger partial charge in [-0.15, -0.1) is 0 Å². The van der Waals surface area contributed by atoms with E-state index in [0.29, 0.717) is 13.2 Å². The number of amides is 1. The molecule has 0 aromatic heterocycles. The van der Waals surface area contributed by atoms with E-state index in [1.807, 2.05) is 11.8 Å². The van der Waals surface area contributed by atoms with Gasteiger partial charge < -0.3 is 15.0 Å². The van der Waals surface area contributed by atoms with Crippen molar-refractivity contribution in [2.75, 3.05) is 26.2 Å². The van der Waals surface area contributed by atoms with Crippen LogP contribution in [0.4, 0.5) is 4.79 Å². The molecule has 24 heavy (non-hydrogen) atoms. The molecular formula is C20H22N2O2. The molecule has 1 aliphatic carbocycles. The van der Waals surface area contributed by atoms with Gasteiger partial charge in [-0.2, -0.15) is 0 Å². The van der Waals surface area contributed by atoms with Gasteiger partial charge in [-0.3, -0.25) is 0 Å². The van der Waals surface area contributed by atoms with E-state index < -0.39 is 0 Å². The van der Waals surface area contributed by atoms with E-state index in [4.69, 9.17) is 4.74 Å². The summed E-state index contributed by atoms with van der Waals surface area (Å²) in [4.78, 5) is 14.3. The second-order valence-electron chi connectivity index (χ2n) is 6.55. The minimum atomic E-state index is -0.203. The summed E-state index contributed by atoms with van der Waals surface area (Å²) in [6.45, 7) is 4.80. The van der Waals surface area contributed by atoms with E-state index >= 15 is 0 Å². The molecule has 1 amide bonds. The lowest BCUT2D eigenvalue weighted by molar-refractivity contribution is 0.0792. The van der Waals surface area contributed by atoms with Crippen LogP contribution in [-0.4, -0.2) is 43.3 Å². The van der Waals surface area contributed by atoms with Crippen molar-refractivity contribution in [1.29, 1.82) is 0 Å². The van der Waals surface area contributed by atoms with E-state index in [-0.39, 0.29) is 18.1 Å². The molecule has 4 rings (SSSR count). The van der Waals surface area contributed by atoms with Gasteiger partial charge in [-0.1, -0.05) is 48.5 Å². The third kappa shape index (κ3) is 2.57. The van der Waals surface area contributed by atoms with Gasteiger partial charge in [0.2, 0.25) is 0 Å². The molecule has 2 aromatic rings. The minimum absolute atomic E-state index is 0.125. The number of ether oxygens (including phenoxy) is 1. The van der Waals surface area contributed by atoms with Crippen molar-refractivity contribution in [1.82, 2.24) is 10.2 Å². The Kier molecular flexibility index (Phi) is 3.98. The summed E-state index contributed by atoms with van der Waals surface area (Å²) < 4.78 is 5.71. The van der Waals surface area contributed by atoms with E-state index in [0.717, 1.165) is 13.1 Å². The van der Waals surface area contributed by atoms with Crippen LogP contribution in [-0.2, 0) is 4.74 Å². The number of hydrogen-bond acceptors (Lipinski definition) is 3. The number of carbonyl (C=O) groups excluding carboxylic acids is 1. The van der Waals surface area contributed by atoms with Crippen LogP contribution in [0.15, 0.2) is 48.5 Å². The Labute approximate surface area is 142 Å². The highest BCUT2D eigenvalue weighted by Gasteiger charge is 2.30. The molecule has 4 heteroatoms. The van der Waals surface area contributed by atoms with E-state index in [9.17, 15) is 4.79 Å². The molecule has 0 unspecified atom stereocenters. The van der Waals surface area contributed by atoms with Crippen molar-refractivity contribution in [3.05, 3.63) is 59.7 Å². The molecule has 1 fully saturated rings. The molecule has 4 nitrogen and oxygen atoms in total. The summed E-state index contributed by atoms with van der Waals surface area (Å²) in [7, 11) is 0. The molecule has 0 spiro atoms. The second kappa shape index (κ2) is 6.29. The normalized spacial score (nSPS) is 19.7. The van der Waals surface area contributed by atoms with Gasteiger partial charge in [0.25, 0.3) is 0 Å². The van der Waals surface area contributed by atoms with Crippen molar-refractivity contribution in [3.8, 4) is 11.1 Å². The second-order valence-corrected chi connectivity index (χ2v) is 6.55. The number of piperazine rings is 1. The minimum Gasteiger partial charge on any atom is -0.448 e. The van der Waals surface area contributed by atoms with Gasteiger partial charge in [0, 0.05) is 31.6 Å². The fourth-order valence-corrected chi connectivity index (χ4v) is 3.79. The molecule has 1 aliphatic heterocycles. The molecule has 1 N–H and O–H groups in total. The molecular weight excluding hydrogens is 300 g/mol. The van der Waals surface area contributed by atoms with Crippen molar-refractivity contribution in [2.45, 2.75) is 18.9 Å². The first-order valence-electron chi connectivity index (χ1n) is 8.58. The van der Waals surface area contributed by atoms with Crippen molar-refractivity contribution in [2.24, 2.45) is 0 Å². The maximum atomic E-state index is 12.5. The number of rotatable bonds is 2. The van der Waals surface area contributed by atoms with Crippen molar-refractivity contribution < 1.29 is 9.53 Å². The molecule has 2 aromatic carbocycles. The molecule has 0 bridgehead atoms. The Morgan fingerprint density at radius 2 is 1.75 bits per heavy atom. The number of nitrogens with zero attached hydrogens (tertiary/aromatic N) is 1. The fourth-order valence-electron chi connectivity index (χ4n) is 3.79. The molecule has 1 atom stereocenters. The van der Waals surface area contributed by atoms with Crippen LogP contribution >= 0.6 is 0 Å². The van der Waals surface area contributed by atoms with Gasteiger partial charge in [0.05, 0.1) is 0 Å². The smallest absolute Gasteiger partial charge is 0.410 e. The number of hydrogen-bond donors (Lipinski definition) is 1. The van der Waals surface area contributed by atoms with Crippen LogP contribution in [0.5, 0.6) is 0 Å². The Morgan fingerprint density at radius 1 is 1.12 bits per heavy atom. The third-order valence-corrected chi connectivity index (χ3v) is 5.07. The van der Waals surface area contributed by atoms with Crippen LogP contribution in [0, 0.1) is 0 Å². The molecule has 2 aliphatic rings. The summed E-state index contributed by atoms with van der Waals surface area (Å²) in [6, 6.07) is 17.0. The number of fused-ring (bicyclic) bond motifs is 3. The topological polar surface area (TPSA) is 41.6 Å². The highest BCUT2D eigenvalue weighted by Crippen LogP contribution is 2.44. The lowest BCUT2D eigenvalue weighted by atomic mass is 9.98. The van der Waals surface area contributed by atoms with E-state index in [1.54, 1.807) is 0 Å². The predicted molar refractivity (Wildman–Crippen MR) is 94.1 cm³/mol. The third-order valence-electron chi connectivity index (χ3n) is 5.07. The first kappa shape index (κ1) is 15.2. The van der Waals surface area contributed by atoms with Crippen LogP contribution in [0.3, 0.4) is 0 Å². The zero-order chi connectivity index (χ0) is 16.5. The highest BCUT2D eigenvalue weighted by molar-refractivity contribution is 5.79. The molecule has 1 heterocycles. The highest BCUT2D eigenvalue weighted by atomic mass is 16.6. The zero-order valence-electron chi connectivity index (χ0n) is 13.9. The lowest BCUT2D eigenvalue weighted by Crippen LogP contribution is -2.52. The first-order chi connectivity index (χ1) is 11.8. The Bertz CT molecular complexity index is 713. The van der Waals surface area contributed by atoms with Crippen LogP contribution in [0.2, 0.25) is 0 Å². The summed E-state index contributed by atoms with van der Waals surface area (Å²) in [5.74, 6) is 0.125. The van der Waals surface area contributed by atoms with E-state index in [1.165, 1.54) is 22.3 Å². The van der Waals surface area contributed by atoms with Crippen molar-refractivity contribution >= 4 is 6.09 Å². The zero-order valence-corrected chi connectivity index (χ0v) is 13.9. The number of benzene rings is 2. The summed E-state index contributed by atoms with van der Waals surface area (Å²) in [6.07, 6.45) is -0.203. The van der Waals surface area contributed by atoms with Crippen molar-refractivity contribution in [3.63, 3.8) is 0 Å². The first-order valence-corrected chi connectivity index (χ1v) is 8.58. The summed E-state index contributed by atoms with van der Waals surface area (Å²) in [5.41, 5.74) is 5.01. The summed E-state index contributed by atoms with van der Waals surface area (Å²) in [5, 5.41) is 3.29. The SMILES string of the molecule is C[C@@H]1CNCCN1C(=O)OCC1c2ccccc2-c2ccccc21. The predicted octanol–water partition coefficient (Wildman–Crippen LogP) is 3.23. The standard InChI is InChI=1S/C20H22N2O2/c1-14-12-21-10-11-22(14)20(23)24-13-19-17-8-4-2-6-15(17)16-7-3-5-9-18(16)19/h2-9,14,19,21H,10-13H2,1H3/t14-/m1/s1. The molecule has 0 radical (unpaired) electrons. The monoisotopic (exact) mass is 322 g/mol. The van der Waals surface area contributed by atoms with Gasteiger partial charge in [0.15, 0.2) is 0 Å². The van der Waals surface area contributed by atoms with Gasteiger partial charge in [0.1, 0.15) is 6.61 Å². The average molecular weight is 322 g/mol. The largest absolute Gasteiger partial charge is 0.448 e.